The molecule has 4 rings (SSSR count). The maximum absolute atomic E-state index is 5.59. The number of rotatable bonds is 1. The third-order valence-electron chi connectivity index (χ3n) is 3.68. The van der Waals surface area contributed by atoms with Gasteiger partial charge in [-0.15, -0.1) is 24.0 Å². The molecule has 2 aromatic carbocycles. The normalized spacial score (nSPS) is 9.59. The molecule has 0 fully saturated rings. The van der Waals surface area contributed by atoms with Gasteiger partial charge >= 0.3 is 107 Å². The van der Waals surface area contributed by atoms with Crippen molar-refractivity contribution >= 4 is 50.2 Å². The molecule has 2 heterocycles. The molecule has 0 aliphatic heterocycles. The number of hydrogen-bond donors (Lipinski definition) is 1. The van der Waals surface area contributed by atoms with Crippen LogP contribution in [0.15, 0.2) is 60.8 Å². The second kappa shape index (κ2) is 10.5. The molecule has 0 aliphatic carbocycles. The van der Waals surface area contributed by atoms with Crippen LogP contribution >= 0.6 is 24.0 Å². The van der Waals surface area contributed by atoms with E-state index in [2.05, 4.69) is 55.9 Å². The molecule has 0 bridgehead atoms. The van der Waals surface area contributed by atoms with E-state index in [1.165, 1.54) is 0 Å². The smallest absolute Gasteiger partial charge is 0.0629 e. The number of aromatic nitrogens is 2. The van der Waals surface area contributed by atoms with Gasteiger partial charge in [-0.2, -0.15) is 29.8 Å². The number of fused-ring (bicyclic) bond motifs is 3. The molecule has 0 unspecified atom stereocenters. The van der Waals surface area contributed by atoms with Gasteiger partial charge in [0, 0.05) is 0 Å². The van der Waals surface area contributed by atoms with Gasteiger partial charge in [0.25, 0.3) is 0 Å². The van der Waals surface area contributed by atoms with Gasteiger partial charge in [-0.25, -0.2) is 0 Å². The van der Waals surface area contributed by atoms with E-state index in [9.17, 15) is 0 Å². The summed E-state index contributed by atoms with van der Waals surface area (Å²) >= 11 is 9.52. The average molecular weight is 441 g/mol. The summed E-state index contributed by atoms with van der Waals surface area (Å²) in [6, 6.07) is 20.8. The quantitative estimate of drug-likeness (QED) is 0.227. The Hall–Kier alpha value is -1.81. The van der Waals surface area contributed by atoms with Crippen molar-refractivity contribution in [3.05, 3.63) is 83.1 Å². The molecule has 27 heavy (non-hydrogen) atoms. The zero-order valence-electron chi connectivity index (χ0n) is 15.0. The molecule has 6 heteroatoms. The molecule has 0 spiro atoms. The van der Waals surface area contributed by atoms with Crippen LogP contribution in [0.25, 0.3) is 21.8 Å². The number of pyridine rings is 2. The van der Waals surface area contributed by atoms with E-state index in [1.807, 2.05) is 44.2 Å². The van der Waals surface area contributed by atoms with Crippen molar-refractivity contribution in [2.75, 3.05) is 0 Å². The molecule has 3 nitrogen and oxygen atoms in total. The second-order valence-corrected chi connectivity index (χ2v) is 6.84. The number of nitrogens with zero attached hydrogens (tertiary/aromatic N) is 2. The molecule has 3 N–H and O–H groups in total. The Morgan fingerprint density at radius 2 is 1.63 bits per heavy atom. The van der Waals surface area contributed by atoms with Gasteiger partial charge in [0.2, 0.25) is 0 Å². The van der Waals surface area contributed by atoms with Crippen molar-refractivity contribution in [1.82, 2.24) is 16.1 Å². The van der Waals surface area contributed by atoms with E-state index in [-0.39, 0.29) is 18.6 Å². The summed E-state index contributed by atoms with van der Waals surface area (Å²) < 4.78 is 0.972. The van der Waals surface area contributed by atoms with E-state index in [4.69, 9.17) is 11.6 Å². The van der Waals surface area contributed by atoms with Gasteiger partial charge in [-0.05, 0) is 0 Å². The molecule has 0 amide bonds. The van der Waals surface area contributed by atoms with Crippen LogP contribution in [0, 0.1) is 13.0 Å². The summed E-state index contributed by atoms with van der Waals surface area (Å²) in [4.78, 5) is 9.06. The predicted molar refractivity (Wildman–Crippen MR) is 114 cm³/mol. The number of halogens is 2. The summed E-state index contributed by atoms with van der Waals surface area (Å²) in [5.41, 5.74) is 3.91. The Bertz CT molecular complexity index is 1050. The van der Waals surface area contributed by atoms with E-state index in [1.54, 1.807) is 6.20 Å². The average Bonchev–Trinajstić information content (AvgIpc) is 2.61. The molecule has 0 saturated heterocycles. The summed E-state index contributed by atoms with van der Waals surface area (Å²) in [5.74, 6) is 0. The molecular formula is C21H20Cl2FeN3. The summed E-state index contributed by atoms with van der Waals surface area (Å²) in [5, 5.41) is 2.91. The second-order valence-electron chi connectivity index (χ2n) is 5.61. The fourth-order valence-electron chi connectivity index (χ4n) is 2.46. The zero-order chi connectivity index (χ0) is 17.8. The van der Waals surface area contributed by atoms with Crippen molar-refractivity contribution in [2.45, 2.75) is 13.8 Å². The van der Waals surface area contributed by atoms with Gasteiger partial charge < -0.3 is 6.15 Å². The van der Waals surface area contributed by atoms with Crippen LogP contribution < -0.4 is 6.15 Å². The minimum atomic E-state index is 0. The van der Waals surface area contributed by atoms with Gasteiger partial charge in [-0.1, -0.05) is 11.9 Å². The maximum Gasteiger partial charge on any atom is -0.0629 e. The monoisotopic (exact) mass is 440 g/mol. The third-order valence-corrected chi connectivity index (χ3v) is 4.19. The summed E-state index contributed by atoms with van der Waals surface area (Å²) in [6.45, 7) is 3.93. The van der Waals surface area contributed by atoms with Gasteiger partial charge in [0.15, 0.2) is 0 Å². The van der Waals surface area contributed by atoms with Crippen molar-refractivity contribution in [3.8, 4) is 0 Å². The fraction of sp³-hybridized carbons (Fsp3) is 0.0952. The van der Waals surface area contributed by atoms with Gasteiger partial charge in [0.1, 0.15) is 0 Å². The first-order valence-electron chi connectivity index (χ1n) is 7.82. The van der Waals surface area contributed by atoms with Crippen LogP contribution in [-0.2, 0) is 15.6 Å². The topological polar surface area (TPSA) is 60.8 Å². The van der Waals surface area contributed by atoms with Crippen LogP contribution in [-0.4, -0.2) is 14.4 Å². The maximum atomic E-state index is 5.59. The van der Waals surface area contributed by atoms with Crippen LogP contribution in [0.1, 0.15) is 18.2 Å². The van der Waals surface area contributed by atoms with Crippen molar-refractivity contribution < 1.29 is 15.6 Å². The SMILES string of the molecule is C[C](=[Fe+])c1ccc2ccc3cccnc3c2n1.Cc1[c-]c(Cl)ccc1.Cl.N. The Kier molecular flexibility index (Phi) is 9.04. The third kappa shape index (κ3) is 5.83. The molecule has 4 aromatic rings. The van der Waals surface area contributed by atoms with Crippen molar-refractivity contribution in [1.29, 1.82) is 0 Å². The summed E-state index contributed by atoms with van der Waals surface area (Å²) in [7, 11) is 0. The van der Waals surface area contributed by atoms with Gasteiger partial charge in [-0.3, -0.25) is 0 Å². The summed E-state index contributed by atoms with van der Waals surface area (Å²) in [6.07, 6.45) is 1.80. The Morgan fingerprint density at radius 1 is 0.963 bits per heavy atom. The molecule has 0 saturated carbocycles. The van der Waals surface area contributed by atoms with E-state index >= 15 is 0 Å². The van der Waals surface area contributed by atoms with Crippen LogP contribution in [0.4, 0.5) is 0 Å². The largest absolute Gasteiger partial charge is 0.344 e. The molecule has 141 valence electrons. The van der Waals surface area contributed by atoms with E-state index in [0.29, 0.717) is 5.02 Å². The number of benzene rings is 2. The standard InChI is InChI=1S/C14H10N2.C7H6Cl.ClH.Fe.H3N/c1-2-12-8-7-11-6-5-10-4-3-9-15-13(10)14(11)16-12;1-6-3-2-4-7(8)5-6;;;/h3-9H,1H3;2-4H,1H3;1H;;1H3/q;-1;;+1;. The molecule has 0 aliphatic rings. The van der Waals surface area contributed by atoms with E-state index in [0.717, 1.165) is 37.5 Å². The van der Waals surface area contributed by atoms with Crippen molar-refractivity contribution in [2.24, 2.45) is 0 Å². The Labute approximate surface area is 178 Å². The molecule has 2 aromatic heterocycles. The van der Waals surface area contributed by atoms with Crippen LogP contribution in [0.3, 0.4) is 0 Å². The predicted octanol–water partition coefficient (Wildman–Crippen LogP) is 5.90. The first-order chi connectivity index (χ1) is 12.0. The minimum absolute atomic E-state index is 0. The first kappa shape index (κ1) is 23.2. The van der Waals surface area contributed by atoms with Crippen molar-refractivity contribution in [3.63, 3.8) is 0 Å². The van der Waals surface area contributed by atoms with Crippen LogP contribution in [0.2, 0.25) is 5.02 Å². The zero-order valence-corrected chi connectivity index (χ0v) is 17.7. The van der Waals surface area contributed by atoms with Crippen LogP contribution in [0.5, 0.6) is 0 Å². The molecule has 0 atom stereocenters. The van der Waals surface area contributed by atoms with Gasteiger partial charge in [0.05, 0.1) is 0 Å². The molecular weight excluding hydrogens is 421 g/mol. The first-order valence-corrected chi connectivity index (χ1v) is 8.75. The fourth-order valence-corrected chi connectivity index (χ4v) is 2.84. The Balaban J connectivity index is 0.000000313. The Morgan fingerprint density at radius 3 is 2.22 bits per heavy atom. The number of aryl methyl sites for hydroxylation is 1. The minimum Gasteiger partial charge on any atom is -0.344 e. The molecule has 0 radical (unpaired) electrons. The van der Waals surface area contributed by atoms with E-state index < -0.39 is 0 Å². The number of hydrogen-bond acceptors (Lipinski definition) is 3.